The summed E-state index contributed by atoms with van der Waals surface area (Å²) in [6.45, 7) is 0. The molecule has 0 saturated heterocycles. The van der Waals surface area contributed by atoms with Crippen molar-refractivity contribution in [1.29, 1.82) is 0 Å². The lowest BCUT2D eigenvalue weighted by Crippen LogP contribution is -2.16. The molecule has 8 heteroatoms. The van der Waals surface area contributed by atoms with Crippen LogP contribution in [0.2, 0.25) is 5.02 Å². The number of benzene rings is 2. The van der Waals surface area contributed by atoms with E-state index in [1.54, 1.807) is 12.1 Å². The number of nitrogens with one attached hydrogen (secondary N) is 1. The van der Waals surface area contributed by atoms with Crippen LogP contribution in [0.4, 0.5) is 13.2 Å². The lowest BCUT2D eigenvalue weighted by molar-refractivity contribution is -0.138. The summed E-state index contributed by atoms with van der Waals surface area (Å²) in [6.07, 6.45) is -2.01. The number of halogens is 4. The molecule has 3 aromatic rings. The van der Waals surface area contributed by atoms with E-state index in [-0.39, 0.29) is 28.5 Å². The second-order valence-corrected chi connectivity index (χ2v) is 7.81. The van der Waals surface area contributed by atoms with Crippen molar-refractivity contribution < 1.29 is 23.1 Å². The van der Waals surface area contributed by atoms with Gasteiger partial charge in [0.25, 0.3) is 0 Å². The number of aryl methyl sites for hydroxylation is 1. The minimum absolute atomic E-state index is 0.0953. The third-order valence-corrected chi connectivity index (χ3v) is 5.90. The second-order valence-electron chi connectivity index (χ2n) is 7.40. The number of aromatic carboxylic acids is 1. The summed E-state index contributed by atoms with van der Waals surface area (Å²) < 4.78 is 40.6. The van der Waals surface area contributed by atoms with Gasteiger partial charge < -0.3 is 5.11 Å². The number of H-pyrrole nitrogens is 1. The van der Waals surface area contributed by atoms with Gasteiger partial charge in [0.05, 0.1) is 16.8 Å². The highest BCUT2D eigenvalue weighted by atomic mass is 35.5. The average Bonchev–Trinajstić information content (AvgIpc) is 3.14. The third kappa shape index (κ3) is 3.81. The number of alkyl halides is 3. The summed E-state index contributed by atoms with van der Waals surface area (Å²) in [4.78, 5) is 11.1. The summed E-state index contributed by atoms with van der Waals surface area (Å²) in [7, 11) is 0. The van der Waals surface area contributed by atoms with E-state index in [2.05, 4.69) is 10.2 Å². The molecule has 4 nitrogen and oxygen atoms in total. The summed E-state index contributed by atoms with van der Waals surface area (Å²) in [6, 6.07) is 10.2. The van der Waals surface area contributed by atoms with Crippen LogP contribution < -0.4 is 0 Å². The topological polar surface area (TPSA) is 66.0 Å². The zero-order chi connectivity index (χ0) is 21.5. The highest BCUT2D eigenvalue weighted by molar-refractivity contribution is 6.31. The van der Waals surface area contributed by atoms with Gasteiger partial charge in [-0.05, 0) is 61.4 Å². The zero-order valence-corrected chi connectivity index (χ0v) is 16.5. The van der Waals surface area contributed by atoms with Gasteiger partial charge in [0.1, 0.15) is 0 Å². The van der Waals surface area contributed by atoms with Gasteiger partial charge in [-0.25, -0.2) is 4.79 Å². The Bertz CT molecular complexity index is 1090. The number of hydrogen-bond acceptors (Lipinski definition) is 2. The number of hydrogen-bond donors (Lipinski definition) is 2. The molecule has 156 valence electrons. The molecule has 1 unspecified atom stereocenters. The van der Waals surface area contributed by atoms with Crippen molar-refractivity contribution in [2.45, 2.75) is 37.8 Å². The molecule has 2 N–H and O–H groups in total. The minimum atomic E-state index is -4.48. The summed E-state index contributed by atoms with van der Waals surface area (Å²) in [5.74, 6) is -1.20. The van der Waals surface area contributed by atoms with Crippen molar-refractivity contribution in [3.63, 3.8) is 0 Å². The Balaban J connectivity index is 1.74. The normalized spacial score (nSPS) is 16.3. The third-order valence-electron chi connectivity index (χ3n) is 5.55. The summed E-state index contributed by atoms with van der Waals surface area (Å²) in [5.41, 5.74) is 2.70. The van der Waals surface area contributed by atoms with Crippen molar-refractivity contribution in [3.05, 3.63) is 75.4 Å². The van der Waals surface area contributed by atoms with E-state index in [0.717, 1.165) is 42.1 Å². The molecule has 4 rings (SSSR count). The lowest BCUT2D eigenvalue weighted by Gasteiger charge is -2.25. The van der Waals surface area contributed by atoms with Crippen molar-refractivity contribution in [1.82, 2.24) is 10.2 Å². The fourth-order valence-corrected chi connectivity index (χ4v) is 4.41. The van der Waals surface area contributed by atoms with Gasteiger partial charge in [0.2, 0.25) is 0 Å². The Morgan fingerprint density at radius 3 is 2.60 bits per heavy atom. The zero-order valence-electron chi connectivity index (χ0n) is 15.8. The fourth-order valence-electron chi connectivity index (χ4n) is 4.16. The van der Waals surface area contributed by atoms with Crippen LogP contribution in [0.25, 0.3) is 11.3 Å². The van der Waals surface area contributed by atoms with Gasteiger partial charge in [0, 0.05) is 21.8 Å². The number of aromatic amines is 1. The molecular weight excluding hydrogens is 417 g/mol. The monoisotopic (exact) mass is 434 g/mol. The number of nitrogens with zero attached hydrogens (tertiary/aromatic N) is 1. The van der Waals surface area contributed by atoms with Gasteiger partial charge in [-0.3, -0.25) is 5.10 Å². The number of fused-ring (bicyclic) bond motifs is 1. The van der Waals surface area contributed by atoms with Crippen LogP contribution in [0.15, 0.2) is 42.5 Å². The molecule has 30 heavy (non-hydrogen) atoms. The van der Waals surface area contributed by atoms with Gasteiger partial charge in [-0.15, -0.1) is 0 Å². The molecule has 1 heterocycles. The van der Waals surface area contributed by atoms with Crippen LogP contribution in [0.3, 0.4) is 0 Å². The van der Waals surface area contributed by atoms with Gasteiger partial charge in [-0.2, -0.15) is 18.3 Å². The van der Waals surface area contributed by atoms with E-state index >= 15 is 0 Å². The van der Waals surface area contributed by atoms with Crippen LogP contribution in [0.1, 0.15) is 51.5 Å². The minimum Gasteiger partial charge on any atom is -0.478 e. The van der Waals surface area contributed by atoms with Crippen molar-refractivity contribution in [2.75, 3.05) is 0 Å². The lowest BCUT2D eigenvalue weighted by atomic mass is 9.79. The van der Waals surface area contributed by atoms with Crippen LogP contribution in [0, 0.1) is 0 Å². The maximum atomic E-state index is 13.5. The molecule has 0 amide bonds. The SMILES string of the molecule is O=C(O)c1ccc(-c2n[nH]c3c2C(Cc2c(Cl)cccc2C(F)(F)F)CCC3)cc1. The Hall–Kier alpha value is -2.80. The van der Waals surface area contributed by atoms with Crippen molar-refractivity contribution >= 4 is 17.6 Å². The predicted octanol–water partition coefficient (Wildman–Crippen LogP) is 6.11. The van der Waals surface area contributed by atoms with Gasteiger partial charge in [-0.1, -0.05) is 29.8 Å². The molecule has 1 aromatic heterocycles. The fraction of sp³-hybridized carbons (Fsp3) is 0.273. The quantitative estimate of drug-likeness (QED) is 0.520. The molecule has 1 atom stereocenters. The first-order chi connectivity index (χ1) is 14.3. The molecule has 0 spiro atoms. The van der Waals surface area contributed by atoms with E-state index < -0.39 is 17.7 Å². The van der Waals surface area contributed by atoms with E-state index in [1.165, 1.54) is 24.3 Å². The smallest absolute Gasteiger partial charge is 0.416 e. The molecular formula is C22H18ClF3N2O2. The summed E-state index contributed by atoms with van der Waals surface area (Å²) >= 11 is 6.18. The number of aromatic nitrogens is 2. The summed E-state index contributed by atoms with van der Waals surface area (Å²) in [5, 5.41) is 16.6. The molecule has 0 bridgehead atoms. The molecule has 0 radical (unpaired) electrons. The first-order valence-corrected chi connectivity index (χ1v) is 9.89. The Morgan fingerprint density at radius 1 is 1.20 bits per heavy atom. The second kappa shape index (κ2) is 7.80. The number of rotatable bonds is 4. The molecule has 1 aliphatic rings. The Kier molecular flexibility index (Phi) is 5.32. The van der Waals surface area contributed by atoms with Crippen molar-refractivity contribution in [3.8, 4) is 11.3 Å². The van der Waals surface area contributed by atoms with Crippen molar-refractivity contribution in [2.24, 2.45) is 0 Å². The molecule has 2 aromatic carbocycles. The first-order valence-electron chi connectivity index (χ1n) is 9.51. The van der Waals surface area contributed by atoms with Crippen LogP contribution in [0.5, 0.6) is 0 Å². The van der Waals surface area contributed by atoms with Gasteiger partial charge >= 0.3 is 12.1 Å². The number of carbonyl (C=O) groups is 1. The Morgan fingerprint density at radius 2 is 1.93 bits per heavy atom. The molecule has 0 saturated carbocycles. The van der Waals surface area contributed by atoms with Gasteiger partial charge in [0.15, 0.2) is 0 Å². The van der Waals surface area contributed by atoms with E-state index in [9.17, 15) is 18.0 Å². The van der Waals surface area contributed by atoms with Crippen LogP contribution in [-0.2, 0) is 19.0 Å². The number of carboxylic acids is 1. The predicted molar refractivity (Wildman–Crippen MR) is 107 cm³/mol. The molecule has 0 fully saturated rings. The standard InChI is InChI=1S/C22H18ClF3N2O2/c23-17-5-2-4-16(22(24,25)26)15(17)11-14-3-1-6-18-19(14)20(28-27-18)12-7-9-13(10-8-12)21(29)30/h2,4-5,7-10,14H,1,3,6,11H2,(H,27,28)(H,29,30). The number of carboxylic acid groups (broad SMARTS) is 1. The maximum Gasteiger partial charge on any atom is 0.416 e. The van der Waals surface area contributed by atoms with E-state index in [1.807, 2.05) is 0 Å². The average molecular weight is 435 g/mol. The Labute approximate surface area is 175 Å². The van der Waals surface area contributed by atoms with Crippen LogP contribution >= 0.6 is 11.6 Å². The maximum absolute atomic E-state index is 13.5. The van der Waals surface area contributed by atoms with Crippen LogP contribution in [-0.4, -0.2) is 21.3 Å². The molecule has 0 aliphatic heterocycles. The van der Waals surface area contributed by atoms with E-state index in [4.69, 9.17) is 16.7 Å². The largest absolute Gasteiger partial charge is 0.478 e. The first kappa shape index (κ1) is 20.5. The highest BCUT2D eigenvalue weighted by Gasteiger charge is 2.36. The molecule has 1 aliphatic carbocycles. The van der Waals surface area contributed by atoms with E-state index in [0.29, 0.717) is 5.69 Å². The highest BCUT2D eigenvalue weighted by Crippen LogP contribution is 2.43.